The predicted octanol–water partition coefficient (Wildman–Crippen LogP) is 5.00. The van der Waals surface area contributed by atoms with Crippen molar-refractivity contribution >= 4 is 15.9 Å². The van der Waals surface area contributed by atoms with Crippen LogP contribution in [0.1, 0.15) is 24.8 Å². The van der Waals surface area contributed by atoms with E-state index in [-0.39, 0.29) is 17.4 Å². The Hall–Kier alpha value is -0.660. The zero-order chi connectivity index (χ0) is 14.5. The minimum atomic E-state index is -4.57. The molecule has 0 saturated heterocycles. The van der Waals surface area contributed by atoms with Gasteiger partial charge in [0.1, 0.15) is 0 Å². The molecule has 1 aromatic heterocycles. The highest BCUT2D eigenvalue weighted by Crippen LogP contribution is 2.54. The summed E-state index contributed by atoms with van der Waals surface area (Å²) in [5, 5.41) is 0. The van der Waals surface area contributed by atoms with Crippen molar-refractivity contribution in [3.05, 3.63) is 22.4 Å². The summed E-state index contributed by atoms with van der Waals surface area (Å²) < 4.78 is 77.2. The van der Waals surface area contributed by atoms with E-state index in [1.807, 2.05) is 0 Å². The van der Waals surface area contributed by atoms with Gasteiger partial charge in [-0.2, -0.15) is 26.3 Å². The van der Waals surface area contributed by atoms with Crippen LogP contribution in [0.5, 0.6) is 0 Å². The van der Waals surface area contributed by atoms with Crippen LogP contribution in [-0.4, -0.2) is 10.7 Å². The molecule has 0 bridgehead atoms. The summed E-state index contributed by atoms with van der Waals surface area (Å²) >= 11 is 2.74. The van der Waals surface area contributed by atoms with Crippen LogP contribution < -0.4 is 0 Å². The molecule has 0 amide bonds. The van der Waals surface area contributed by atoms with Crippen LogP contribution in [0, 0.1) is 5.41 Å². The molecule has 1 aromatic rings. The molecule has 19 heavy (non-hydrogen) atoms. The topological polar surface area (TPSA) is 4.93 Å². The molecule has 0 unspecified atom stereocenters. The molecule has 0 aromatic carbocycles. The molecule has 0 radical (unpaired) electrons. The summed E-state index contributed by atoms with van der Waals surface area (Å²) in [4.78, 5) is 0. The van der Waals surface area contributed by atoms with Crippen LogP contribution in [-0.2, 0) is 12.7 Å². The summed E-state index contributed by atoms with van der Waals surface area (Å²) in [7, 11) is 0. The van der Waals surface area contributed by atoms with Gasteiger partial charge in [0.25, 0.3) is 0 Å². The second kappa shape index (κ2) is 4.43. The van der Waals surface area contributed by atoms with Crippen LogP contribution in [0.15, 0.2) is 16.9 Å². The quantitative estimate of drug-likeness (QED) is 0.662. The first-order valence-electron chi connectivity index (χ1n) is 5.55. The Kier molecular flexibility index (Phi) is 3.43. The molecule has 0 aliphatic heterocycles. The molecule has 0 spiro atoms. The largest absolute Gasteiger partial charge is 0.418 e. The second-order valence-electron chi connectivity index (χ2n) is 4.78. The van der Waals surface area contributed by atoms with E-state index in [1.54, 1.807) is 0 Å². The number of nitrogens with zero attached hydrogens (tertiary/aromatic N) is 1. The Morgan fingerprint density at radius 3 is 2.05 bits per heavy atom. The molecule has 1 saturated carbocycles. The summed E-state index contributed by atoms with van der Waals surface area (Å²) in [6.07, 6.45) is -7.56. The molecular formula is C11H10BrF6N. The molecule has 1 aliphatic rings. The first-order chi connectivity index (χ1) is 8.57. The molecule has 1 nitrogen and oxygen atoms in total. The van der Waals surface area contributed by atoms with Gasteiger partial charge in [-0.15, -0.1) is 0 Å². The minimum absolute atomic E-state index is 0.0392. The lowest BCUT2D eigenvalue weighted by molar-refractivity contribution is -0.256. The Morgan fingerprint density at radius 1 is 1.16 bits per heavy atom. The van der Waals surface area contributed by atoms with Crippen molar-refractivity contribution in [2.24, 2.45) is 5.41 Å². The van der Waals surface area contributed by atoms with Gasteiger partial charge >= 0.3 is 12.4 Å². The highest BCUT2D eigenvalue weighted by molar-refractivity contribution is 9.10. The van der Waals surface area contributed by atoms with Crippen molar-refractivity contribution in [1.82, 2.24) is 4.57 Å². The maximum atomic E-state index is 13.0. The maximum Gasteiger partial charge on any atom is 0.418 e. The fourth-order valence-electron chi connectivity index (χ4n) is 2.25. The van der Waals surface area contributed by atoms with E-state index in [2.05, 4.69) is 15.9 Å². The molecule has 1 aliphatic carbocycles. The van der Waals surface area contributed by atoms with Crippen molar-refractivity contribution in [2.45, 2.75) is 38.2 Å². The van der Waals surface area contributed by atoms with Crippen molar-refractivity contribution < 1.29 is 26.3 Å². The van der Waals surface area contributed by atoms with Crippen molar-refractivity contribution in [3.8, 4) is 0 Å². The summed E-state index contributed by atoms with van der Waals surface area (Å²) in [5.41, 5.74) is -2.85. The third-order valence-corrected chi connectivity index (χ3v) is 4.47. The van der Waals surface area contributed by atoms with Gasteiger partial charge in [0.2, 0.25) is 0 Å². The number of hydrogen-bond acceptors (Lipinski definition) is 0. The van der Waals surface area contributed by atoms with E-state index in [4.69, 9.17) is 0 Å². The monoisotopic (exact) mass is 349 g/mol. The van der Waals surface area contributed by atoms with Crippen LogP contribution in [0.2, 0.25) is 0 Å². The standard InChI is InChI=1S/C11H10BrF6N/c12-8-7(10(13,14)15)2-5-19(8)6-9(3-1-4-9)11(16,17)18/h2,5H,1,3-4,6H2. The fraction of sp³-hybridized carbons (Fsp3) is 0.636. The van der Waals surface area contributed by atoms with Crippen molar-refractivity contribution in [2.75, 3.05) is 0 Å². The first-order valence-corrected chi connectivity index (χ1v) is 6.35. The van der Waals surface area contributed by atoms with Gasteiger partial charge in [-0.05, 0) is 34.8 Å². The van der Waals surface area contributed by atoms with Gasteiger partial charge in [0.15, 0.2) is 0 Å². The summed E-state index contributed by atoms with van der Waals surface area (Å²) in [6.45, 7) is -0.479. The lowest BCUT2D eigenvalue weighted by atomic mass is 9.68. The Bertz CT molecular complexity index is 469. The van der Waals surface area contributed by atoms with Gasteiger partial charge in [0.05, 0.1) is 15.6 Å². The molecule has 8 heteroatoms. The third kappa shape index (κ3) is 2.51. The average molecular weight is 350 g/mol. The molecule has 2 rings (SSSR count). The number of rotatable bonds is 2. The van der Waals surface area contributed by atoms with Gasteiger partial charge < -0.3 is 4.57 Å². The normalized spacial score (nSPS) is 19.3. The van der Waals surface area contributed by atoms with Gasteiger partial charge in [-0.25, -0.2) is 0 Å². The number of halogens is 7. The zero-order valence-electron chi connectivity index (χ0n) is 9.58. The number of alkyl halides is 6. The van der Waals surface area contributed by atoms with E-state index in [1.165, 1.54) is 0 Å². The summed E-state index contributed by atoms with van der Waals surface area (Å²) in [5.74, 6) is 0. The van der Waals surface area contributed by atoms with E-state index < -0.39 is 29.9 Å². The number of aromatic nitrogens is 1. The molecule has 1 fully saturated rings. The lowest BCUT2D eigenvalue weighted by Crippen LogP contribution is -2.47. The Morgan fingerprint density at radius 2 is 1.74 bits per heavy atom. The molecular weight excluding hydrogens is 340 g/mol. The third-order valence-electron chi connectivity index (χ3n) is 3.59. The van der Waals surface area contributed by atoms with Crippen LogP contribution in [0.4, 0.5) is 26.3 Å². The summed E-state index contributed by atoms with van der Waals surface area (Å²) in [6, 6.07) is 0.785. The van der Waals surface area contributed by atoms with Gasteiger partial charge in [0, 0.05) is 12.7 Å². The van der Waals surface area contributed by atoms with Crippen LogP contribution >= 0.6 is 15.9 Å². The smallest absolute Gasteiger partial charge is 0.341 e. The zero-order valence-corrected chi connectivity index (χ0v) is 11.2. The van der Waals surface area contributed by atoms with Gasteiger partial charge in [-0.3, -0.25) is 0 Å². The van der Waals surface area contributed by atoms with E-state index in [0.29, 0.717) is 6.42 Å². The van der Waals surface area contributed by atoms with E-state index >= 15 is 0 Å². The Labute approximate surface area is 113 Å². The van der Waals surface area contributed by atoms with Crippen molar-refractivity contribution in [3.63, 3.8) is 0 Å². The fourth-order valence-corrected chi connectivity index (χ4v) is 2.85. The highest BCUT2D eigenvalue weighted by Gasteiger charge is 2.58. The minimum Gasteiger partial charge on any atom is -0.341 e. The molecule has 108 valence electrons. The number of hydrogen-bond donors (Lipinski definition) is 0. The Balaban J connectivity index is 2.28. The SMILES string of the molecule is FC(F)(F)c1ccn(CC2(C(F)(F)F)CCC2)c1Br. The van der Waals surface area contributed by atoms with Crippen LogP contribution in [0.25, 0.3) is 0 Å². The predicted molar refractivity (Wildman–Crippen MR) is 59.5 cm³/mol. The lowest BCUT2D eigenvalue weighted by Gasteiger charge is -2.43. The van der Waals surface area contributed by atoms with Gasteiger partial charge in [-0.1, -0.05) is 6.42 Å². The average Bonchev–Trinajstić information content (AvgIpc) is 2.50. The van der Waals surface area contributed by atoms with Crippen molar-refractivity contribution in [1.29, 1.82) is 0 Å². The van der Waals surface area contributed by atoms with E-state index in [0.717, 1.165) is 16.8 Å². The highest BCUT2D eigenvalue weighted by atomic mass is 79.9. The molecule has 1 heterocycles. The van der Waals surface area contributed by atoms with E-state index in [9.17, 15) is 26.3 Å². The first kappa shape index (κ1) is 14.7. The van der Waals surface area contributed by atoms with Crippen LogP contribution in [0.3, 0.4) is 0 Å². The molecule has 0 N–H and O–H groups in total. The maximum absolute atomic E-state index is 13.0. The molecule has 0 atom stereocenters. The second-order valence-corrected chi connectivity index (χ2v) is 5.53.